The SMILES string of the molecule is CC(=O)N(CC(=O)Nc1ccc(C)c(Br)c1)Cc1ccccc1F. The zero-order valence-corrected chi connectivity index (χ0v) is 15.1. The van der Waals surface area contributed by atoms with Gasteiger partial charge in [0, 0.05) is 29.2 Å². The van der Waals surface area contributed by atoms with Crippen molar-refractivity contribution in [3.05, 3.63) is 63.9 Å². The van der Waals surface area contributed by atoms with Crippen molar-refractivity contribution in [3.63, 3.8) is 0 Å². The Hall–Kier alpha value is -2.21. The molecule has 0 unspecified atom stereocenters. The third-order valence-corrected chi connectivity index (χ3v) is 4.41. The lowest BCUT2D eigenvalue weighted by molar-refractivity contribution is -0.133. The molecule has 0 saturated heterocycles. The van der Waals surface area contributed by atoms with E-state index in [0.717, 1.165) is 10.0 Å². The summed E-state index contributed by atoms with van der Waals surface area (Å²) in [5.74, 6) is -1.03. The molecule has 2 aromatic rings. The molecule has 1 N–H and O–H groups in total. The van der Waals surface area contributed by atoms with Crippen molar-refractivity contribution in [2.24, 2.45) is 0 Å². The van der Waals surface area contributed by atoms with Crippen molar-refractivity contribution in [1.29, 1.82) is 0 Å². The highest BCUT2D eigenvalue weighted by Crippen LogP contribution is 2.20. The van der Waals surface area contributed by atoms with Crippen LogP contribution in [0.1, 0.15) is 18.1 Å². The number of halogens is 2. The first-order valence-electron chi connectivity index (χ1n) is 7.41. The summed E-state index contributed by atoms with van der Waals surface area (Å²) in [6.45, 7) is 3.21. The molecule has 0 saturated carbocycles. The van der Waals surface area contributed by atoms with Crippen molar-refractivity contribution in [2.45, 2.75) is 20.4 Å². The van der Waals surface area contributed by atoms with Gasteiger partial charge in [0.2, 0.25) is 11.8 Å². The van der Waals surface area contributed by atoms with Gasteiger partial charge in [0.15, 0.2) is 0 Å². The summed E-state index contributed by atoms with van der Waals surface area (Å²) in [7, 11) is 0. The minimum Gasteiger partial charge on any atom is -0.329 e. The fourth-order valence-electron chi connectivity index (χ4n) is 2.16. The topological polar surface area (TPSA) is 49.4 Å². The number of benzene rings is 2. The Morgan fingerprint density at radius 1 is 1.21 bits per heavy atom. The molecule has 2 amide bonds. The van der Waals surface area contributed by atoms with Crippen LogP contribution in [0.2, 0.25) is 0 Å². The highest BCUT2D eigenvalue weighted by atomic mass is 79.9. The van der Waals surface area contributed by atoms with Gasteiger partial charge in [-0.15, -0.1) is 0 Å². The summed E-state index contributed by atoms with van der Waals surface area (Å²) in [6, 6.07) is 11.7. The number of carbonyl (C=O) groups excluding carboxylic acids is 2. The van der Waals surface area contributed by atoms with E-state index >= 15 is 0 Å². The molecule has 0 atom stereocenters. The smallest absolute Gasteiger partial charge is 0.244 e. The summed E-state index contributed by atoms with van der Waals surface area (Å²) < 4.78 is 14.6. The number of nitrogens with one attached hydrogen (secondary N) is 1. The number of anilines is 1. The van der Waals surface area contributed by atoms with Crippen molar-refractivity contribution in [3.8, 4) is 0 Å². The summed E-state index contributed by atoms with van der Waals surface area (Å²) in [5.41, 5.74) is 2.06. The fraction of sp³-hybridized carbons (Fsp3) is 0.222. The van der Waals surface area contributed by atoms with Crippen molar-refractivity contribution < 1.29 is 14.0 Å². The lowest BCUT2D eigenvalue weighted by Crippen LogP contribution is -2.36. The Labute approximate surface area is 148 Å². The molecule has 6 heteroatoms. The average molecular weight is 393 g/mol. The third kappa shape index (κ3) is 4.89. The van der Waals surface area contributed by atoms with E-state index < -0.39 is 5.82 Å². The Balaban J connectivity index is 2.04. The van der Waals surface area contributed by atoms with E-state index in [9.17, 15) is 14.0 Å². The Morgan fingerprint density at radius 3 is 2.54 bits per heavy atom. The average Bonchev–Trinajstić information content (AvgIpc) is 2.52. The van der Waals surface area contributed by atoms with Gasteiger partial charge in [-0.3, -0.25) is 9.59 Å². The van der Waals surface area contributed by atoms with Crippen LogP contribution in [0.25, 0.3) is 0 Å². The molecule has 0 heterocycles. The maximum Gasteiger partial charge on any atom is 0.244 e. The highest BCUT2D eigenvalue weighted by molar-refractivity contribution is 9.10. The molecular formula is C18H18BrFN2O2. The van der Waals surface area contributed by atoms with Gasteiger partial charge in [-0.05, 0) is 30.7 Å². The third-order valence-electron chi connectivity index (χ3n) is 3.55. The molecule has 0 aliphatic heterocycles. The van der Waals surface area contributed by atoms with E-state index in [1.54, 1.807) is 30.3 Å². The van der Waals surface area contributed by atoms with Gasteiger partial charge in [0.05, 0.1) is 0 Å². The molecule has 126 valence electrons. The molecule has 0 spiro atoms. The van der Waals surface area contributed by atoms with Crippen molar-refractivity contribution in [1.82, 2.24) is 4.90 Å². The Morgan fingerprint density at radius 2 is 1.92 bits per heavy atom. The molecule has 0 aromatic heterocycles. The second-order valence-corrected chi connectivity index (χ2v) is 6.33. The van der Waals surface area contributed by atoms with E-state index in [2.05, 4.69) is 21.2 Å². The maximum absolute atomic E-state index is 13.7. The number of carbonyl (C=O) groups is 2. The standard InChI is InChI=1S/C18H18BrFN2O2/c1-12-7-8-15(9-16(12)19)21-18(24)11-22(13(2)23)10-14-5-3-4-6-17(14)20/h3-9H,10-11H2,1-2H3,(H,21,24). The summed E-state index contributed by atoms with van der Waals surface area (Å²) in [6.07, 6.45) is 0. The van der Waals surface area contributed by atoms with Gasteiger partial charge in [-0.2, -0.15) is 0 Å². The van der Waals surface area contributed by atoms with Crippen LogP contribution in [0.15, 0.2) is 46.9 Å². The maximum atomic E-state index is 13.7. The zero-order chi connectivity index (χ0) is 17.7. The van der Waals surface area contributed by atoms with Crippen LogP contribution in [0, 0.1) is 12.7 Å². The van der Waals surface area contributed by atoms with Gasteiger partial charge in [-0.25, -0.2) is 4.39 Å². The molecule has 0 aliphatic rings. The first kappa shape index (κ1) is 18.1. The van der Waals surface area contributed by atoms with Crippen LogP contribution >= 0.6 is 15.9 Å². The second kappa shape index (κ2) is 8.06. The highest BCUT2D eigenvalue weighted by Gasteiger charge is 2.16. The first-order valence-corrected chi connectivity index (χ1v) is 8.21. The first-order chi connectivity index (χ1) is 11.4. The predicted octanol–water partition coefficient (Wildman–Crippen LogP) is 3.88. The van der Waals surface area contributed by atoms with Crippen molar-refractivity contribution >= 4 is 33.4 Å². The number of amides is 2. The van der Waals surface area contributed by atoms with Gasteiger partial charge < -0.3 is 10.2 Å². The van der Waals surface area contributed by atoms with Crippen LogP contribution in [-0.2, 0) is 16.1 Å². The normalized spacial score (nSPS) is 10.3. The minimum atomic E-state index is -0.397. The molecule has 0 radical (unpaired) electrons. The summed E-state index contributed by atoms with van der Waals surface area (Å²) >= 11 is 3.40. The van der Waals surface area contributed by atoms with E-state index in [1.165, 1.54) is 17.9 Å². The monoisotopic (exact) mass is 392 g/mol. The van der Waals surface area contributed by atoms with Crippen LogP contribution in [-0.4, -0.2) is 23.3 Å². The number of nitrogens with zero attached hydrogens (tertiary/aromatic N) is 1. The lowest BCUT2D eigenvalue weighted by atomic mass is 10.2. The second-order valence-electron chi connectivity index (χ2n) is 5.48. The molecular weight excluding hydrogens is 375 g/mol. The quantitative estimate of drug-likeness (QED) is 0.838. The molecule has 2 aromatic carbocycles. The molecule has 24 heavy (non-hydrogen) atoms. The molecule has 0 aliphatic carbocycles. The molecule has 2 rings (SSSR count). The summed E-state index contributed by atoms with van der Waals surface area (Å²) in [4.78, 5) is 25.2. The van der Waals surface area contributed by atoms with Gasteiger partial charge in [0.25, 0.3) is 0 Å². The van der Waals surface area contributed by atoms with Crippen LogP contribution < -0.4 is 5.32 Å². The molecule has 4 nitrogen and oxygen atoms in total. The van der Waals surface area contributed by atoms with Gasteiger partial charge >= 0.3 is 0 Å². The van der Waals surface area contributed by atoms with E-state index in [4.69, 9.17) is 0 Å². The van der Waals surface area contributed by atoms with Crippen LogP contribution in [0.3, 0.4) is 0 Å². The largest absolute Gasteiger partial charge is 0.329 e. The summed E-state index contributed by atoms with van der Waals surface area (Å²) in [5, 5.41) is 2.74. The molecule has 0 bridgehead atoms. The van der Waals surface area contributed by atoms with Crippen molar-refractivity contribution in [2.75, 3.05) is 11.9 Å². The Bertz CT molecular complexity index is 764. The lowest BCUT2D eigenvalue weighted by Gasteiger charge is -2.21. The Kier molecular flexibility index (Phi) is 6.09. The van der Waals surface area contributed by atoms with E-state index in [-0.39, 0.29) is 24.9 Å². The van der Waals surface area contributed by atoms with Crippen LogP contribution in [0.5, 0.6) is 0 Å². The fourth-order valence-corrected chi connectivity index (χ4v) is 2.53. The zero-order valence-electron chi connectivity index (χ0n) is 13.5. The van der Waals surface area contributed by atoms with E-state index in [1.807, 2.05) is 13.0 Å². The predicted molar refractivity (Wildman–Crippen MR) is 95.0 cm³/mol. The van der Waals surface area contributed by atoms with E-state index in [0.29, 0.717) is 11.3 Å². The number of aryl methyl sites for hydroxylation is 1. The molecule has 0 fully saturated rings. The number of hydrogen-bond acceptors (Lipinski definition) is 2. The van der Waals surface area contributed by atoms with Gasteiger partial charge in [-0.1, -0.05) is 40.2 Å². The minimum absolute atomic E-state index is 0.0486. The van der Waals surface area contributed by atoms with Crippen LogP contribution in [0.4, 0.5) is 10.1 Å². The number of rotatable bonds is 5. The van der Waals surface area contributed by atoms with Gasteiger partial charge in [0.1, 0.15) is 12.4 Å². The number of hydrogen-bond donors (Lipinski definition) is 1.